The molecule has 1 aromatic heterocycles. The molecule has 1 saturated heterocycles. The molecule has 0 unspecified atom stereocenters. The van der Waals surface area contributed by atoms with Crippen LogP contribution in [0.1, 0.15) is 30.1 Å². The Labute approximate surface area is 146 Å². The van der Waals surface area contributed by atoms with Crippen LogP contribution < -0.4 is 5.32 Å². The lowest BCUT2D eigenvalue weighted by Gasteiger charge is -2.33. The number of carbonyl (C=O) groups excluding carboxylic acids is 1. The summed E-state index contributed by atoms with van der Waals surface area (Å²) < 4.78 is 2.08. The summed E-state index contributed by atoms with van der Waals surface area (Å²) >= 11 is 6.05. The highest BCUT2D eigenvalue weighted by molar-refractivity contribution is 6.30. The lowest BCUT2D eigenvalue weighted by atomic mass is 9.95. The van der Waals surface area contributed by atoms with Gasteiger partial charge in [-0.25, -0.2) is 4.98 Å². The number of hydrogen-bond acceptors (Lipinski definition) is 3. The van der Waals surface area contributed by atoms with Gasteiger partial charge in [-0.3, -0.25) is 4.79 Å². The number of carbonyl (C=O) groups is 1. The molecule has 0 radical (unpaired) electrons. The molecule has 0 saturated carbocycles. The quantitative estimate of drug-likeness (QED) is 0.911. The van der Waals surface area contributed by atoms with E-state index >= 15 is 0 Å². The first-order valence-corrected chi connectivity index (χ1v) is 8.80. The van der Waals surface area contributed by atoms with Crippen LogP contribution in [0.2, 0.25) is 5.02 Å². The Kier molecular flexibility index (Phi) is 3.96. The van der Waals surface area contributed by atoms with Crippen LogP contribution in [0.25, 0.3) is 0 Å². The minimum atomic E-state index is -0.164. The fraction of sp³-hybridized carbons (Fsp3) is 0.444. The van der Waals surface area contributed by atoms with Crippen LogP contribution in [0.15, 0.2) is 30.6 Å². The van der Waals surface area contributed by atoms with Gasteiger partial charge < -0.3 is 14.8 Å². The number of halogens is 1. The number of fused-ring (bicyclic) bond motifs is 1. The first kappa shape index (κ1) is 15.5. The average molecular weight is 345 g/mol. The number of benzene rings is 1. The Morgan fingerprint density at radius 2 is 2.12 bits per heavy atom. The Bertz CT molecular complexity index is 764. The third-order valence-corrected chi connectivity index (χ3v) is 5.38. The highest BCUT2D eigenvalue weighted by Gasteiger charge is 2.33. The molecule has 3 heterocycles. The number of imidazole rings is 1. The van der Waals surface area contributed by atoms with Gasteiger partial charge in [-0.1, -0.05) is 11.6 Å². The van der Waals surface area contributed by atoms with Gasteiger partial charge in [0.25, 0.3) is 0 Å². The predicted octanol–water partition coefficient (Wildman–Crippen LogP) is 2.82. The van der Waals surface area contributed by atoms with Crippen LogP contribution in [0.3, 0.4) is 0 Å². The lowest BCUT2D eigenvalue weighted by molar-refractivity contribution is -0.133. The Balaban J connectivity index is 1.38. The Morgan fingerprint density at radius 1 is 1.33 bits per heavy atom. The predicted molar refractivity (Wildman–Crippen MR) is 94.3 cm³/mol. The molecule has 24 heavy (non-hydrogen) atoms. The van der Waals surface area contributed by atoms with Crippen molar-refractivity contribution in [3.8, 4) is 0 Å². The molecular weight excluding hydrogens is 324 g/mol. The van der Waals surface area contributed by atoms with Crippen LogP contribution >= 0.6 is 11.6 Å². The van der Waals surface area contributed by atoms with Crippen molar-refractivity contribution in [1.82, 2.24) is 14.5 Å². The van der Waals surface area contributed by atoms with Crippen molar-refractivity contribution in [2.24, 2.45) is 7.05 Å². The maximum atomic E-state index is 12.8. The molecule has 6 heteroatoms. The molecule has 1 N–H and O–H groups in total. The molecule has 4 rings (SSSR count). The van der Waals surface area contributed by atoms with Gasteiger partial charge in [-0.15, -0.1) is 0 Å². The number of anilines is 1. The largest absolute Gasteiger partial charge is 0.373 e. The van der Waals surface area contributed by atoms with E-state index in [0.717, 1.165) is 48.0 Å². The number of piperidine rings is 1. The summed E-state index contributed by atoms with van der Waals surface area (Å²) in [7, 11) is 2.03. The molecule has 0 bridgehead atoms. The van der Waals surface area contributed by atoms with E-state index in [-0.39, 0.29) is 11.9 Å². The van der Waals surface area contributed by atoms with E-state index in [9.17, 15) is 4.79 Å². The summed E-state index contributed by atoms with van der Waals surface area (Å²) in [5.41, 5.74) is 2.16. The molecule has 1 atom stereocenters. The maximum absolute atomic E-state index is 12.8. The number of nitrogens with one attached hydrogen (secondary N) is 1. The Morgan fingerprint density at radius 3 is 2.83 bits per heavy atom. The number of hydrogen-bond donors (Lipinski definition) is 1. The number of aromatic nitrogens is 2. The highest BCUT2D eigenvalue weighted by atomic mass is 35.5. The molecule has 2 aromatic rings. The minimum Gasteiger partial charge on any atom is -0.373 e. The summed E-state index contributed by atoms with van der Waals surface area (Å²) in [4.78, 5) is 19.3. The van der Waals surface area contributed by atoms with Crippen molar-refractivity contribution in [2.45, 2.75) is 31.2 Å². The molecule has 0 aliphatic carbocycles. The first-order chi connectivity index (χ1) is 11.6. The lowest BCUT2D eigenvalue weighted by Crippen LogP contribution is -2.45. The zero-order chi connectivity index (χ0) is 16.7. The van der Waals surface area contributed by atoms with Gasteiger partial charge in [-0.2, -0.15) is 0 Å². The number of nitrogens with zero attached hydrogens (tertiary/aromatic N) is 3. The van der Waals surface area contributed by atoms with E-state index in [1.165, 1.54) is 0 Å². The van der Waals surface area contributed by atoms with E-state index in [1.54, 1.807) is 0 Å². The smallest absolute Gasteiger partial charge is 0.245 e. The van der Waals surface area contributed by atoms with Crippen molar-refractivity contribution >= 4 is 23.2 Å². The summed E-state index contributed by atoms with van der Waals surface area (Å²) in [5.74, 6) is 1.77. The van der Waals surface area contributed by atoms with Crippen LogP contribution in [0.4, 0.5) is 5.69 Å². The van der Waals surface area contributed by atoms with Crippen LogP contribution in [-0.4, -0.2) is 39.5 Å². The van der Waals surface area contributed by atoms with Crippen molar-refractivity contribution in [3.63, 3.8) is 0 Å². The van der Waals surface area contributed by atoms with Gasteiger partial charge in [0, 0.05) is 55.6 Å². The van der Waals surface area contributed by atoms with Crippen molar-refractivity contribution in [3.05, 3.63) is 47.0 Å². The average Bonchev–Trinajstić information content (AvgIpc) is 3.20. The van der Waals surface area contributed by atoms with Crippen LogP contribution in [-0.2, 0) is 18.3 Å². The zero-order valence-electron chi connectivity index (χ0n) is 13.7. The second kappa shape index (κ2) is 6.13. The van der Waals surface area contributed by atoms with E-state index in [0.29, 0.717) is 12.3 Å². The fourth-order valence-electron chi connectivity index (χ4n) is 3.83. The van der Waals surface area contributed by atoms with E-state index < -0.39 is 0 Å². The van der Waals surface area contributed by atoms with Crippen molar-refractivity contribution in [2.75, 3.05) is 18.4 Å². The van der Waals surface area contributed by atoms with Crippen molar-refractivity contribution < 1.29 is 4.79 Å². The molecule has 0 spiro atoms. The summed E-state index contributed by atoms with van der Waals surface area (Å²) in [6.07, 6.45) is 6.49. The summed E-state index contributed by atoms with van der Waals surface area (Å²) in [5, 5.41) is 4.06. The number of aryl methyl sites for hydroxylation is 1. The molecule has 1 amide bonds. The topological polar surface area (TPSA) is 50.2 Å². The van der Waals surface area contributed by atoms with Gasteiger partial charge in [0.1, 0.15) is 11.9 Å². The van der Waals surface area contributed by atoms with Gasteiger partial charge in [0.2, 0.25) is 5.91 Å². The second-order valence-electron chi connectivity index (χ2n) is 6.70. The van der Waals surface area contributed by atoms with E-state index in [2.05, 4.69) is 14.9 Å². The zero-order valence-corrected chi connectivity index (χ0v) is 14.5. The van der Waals surface area contributed by atoms with Gasteiger partial charge in [0.15, 0.2) is 0 Å². The molecular formula is C18H21ClN4O. The third-order valence-electron chi connectivity index (χ3n) is 5.15. The second-order valence-corrected chi connectivity index (χ2v) is 7.13. The summed E-state index contributed by atoms with van der Waals surface area (Å²) in [6, 6.07) is 5.60. The van der Waals surface area contributed by atoms with Gasteiger partial charge in [0.05, 0.1) is 0 Å². The first-order valence-electron chi connectivity index (χ1n) is 8.43. The standard InChI is InChI=1S/C18H21ClN4O/c1-22-9-6-20-17(22)12-4-7-23(8-5-12)18(24)16-11-13-10-14(19)2-3-15(13)21-16/h2-3,6,9-10,12,16,21H,4-5,7-8,11H2,1H3/t16-/m1/s1. The Hall–Kier alpha value is -2.01. The number of amides is 1. The number of rotatable bonds is 2. The van der Waals surface area contributed by atoms with Crippen molar-refractivity contribution in [1.29, 1.82) is 0 Å². The van der Waals surface area contributed by atoms with E-state index in [1.807, 2.05) is 42.5 Å². The highest BCUT2D eigenvalue weighted by Crippen LogP contribution is 2.31. The van der Waals surface area contributed by atoms with Crippen LogP contribution in [0, 0.1) is 0 Å². The monoisotopic (exact) mass is 344 g/mol. The van der Waals surface area contributed by atoms with E-state index in [4.69, 9.17) is 11.6 Å². The number of likely N-dealkylation sites (tertiary alicyclic amines) is 1. The normalized spacial score (nSPS) is 20.8. The molecule has 126 valence electrons. The van der Waals surface area contributed by atoms with Gasteiger partial charge in [-0.05, 0) is 36.6 Å². The molecule has 2 aliphatic heterocycles. The summed E-state index contributed by atoms with van der Waals surface area (Å²) in [6.45, 7) is 1.59. The van der Waals surface area contributed by atoms with Gasteiger partial charge >= 0.3 is 0 Å². The molecule has 2 aliphatic rings. The van der Waals surface area contributed by atoms with Crippen LogP contribution in [0.5, 0.6) is 0 Å². The SMILES string of the molecule is Cn1ccnc1C1CCN(C(=O)[C@H]2Cc3cc(Cl)ccc3N2)CC1. The molecule has 1 fully saturated rings. The molecule has 5 nitrogen and oxygen atoms in total. The maximum Gasteiger partial charge on any atom is 0.245 e. The third kappa shape index (κ3) is 2.77. The molecule has 1 aromatic carbocycles. The minimum absolute atomic E-state index is 0.164. The fourth-order valence-corrected chi connectivity index (χ4v) is 4.02.